The maximum Gasteiger partial charge on any atom is 0.292 e. The van der Waals surface area contributed by atoms with Gasteiger partial charge < -0.3 is 4.74 Å². The van der Waals surface area contributed by atoms with E-state index in [1.165, 1.54) is 0 Å². The van der Waals surface area contributed by atoms with Gasteiger partial charge >= 0.3 is 0 Å². The van der Waals surface area contributed by atoms with E-state index < -0.39 is 5.91 Å². The van der Waals surface area contributed by atoms with Crippen LogP contribution in [0.3, 0.4) is 0 Å². The van der Waals surface area contributed by atoms with Crippen LogP contribution in [0.5, 0.6) is 5.75 Å². The van der Waals surface area contributed by atoms with Crippen molar-refractivity contribution in [3.63, 3.8) is 0 Å². The van der Waals surface area contributed by atoms with E-state index in [1.807, 2.05) is 17.3 Å². The minimum atomic E-state index is -0.442. The molecule has 5 heteroatoms. The molecular formula is C9H6BrNO2S. The highest BCUT2D eigenvalue weighted by molar-refractivity contribution is 9.10. The Morgan fingerprint density at radius 1 is 1.50 bits per heavy atom. The molecule has 3 nitrogen and oxygen atoms in total. The molecule has 0 aromatic heterocycles. The summed E-state index contributed by atoms with van der Waals surface area (Å²) in [6.07, 6.45) is 0. The molecule has 0 aliphatic carbocycles. The summed E-state index contributed by atoms with van der Waals surface area (Å²) in [4.78, 5) is 14.1. The van der Waals surface area contributed by atoms with Gasteiger partial charge in [0.05, 0.1) is 5.16 Å². The summed E-state index contributed by atoms with van der Waals surface area (Å²) >= 11 is 7.56. The van der Waals surface area contributed by atoms with Crippen molar-refractivity contribution in [1.82, 2.24) is 0 Å². The summed E-state index contributed by atoms with van der Waals surface area (Å²) in [6, 6.07) is 7.14. The van der Waals surface area contributed by atoms with Crippen LogP contribution in [0.15, 0.2) is 33.7 Å². The highest BCUT2D eigenvalue weighted by Gasteiger charge is 1.99. The Labute approximate surface area is 94.9 Å². The minimum Gasteiger partial charge on any atom is -0.484 e. The van der Waals surface area contributed by atoms with Crippen LogP contribution >= 0.6 is 28.1 Å². The quantitative estimate of drug-likeness (QED) is 0.626. The fourth-order valence-electron chi connectivity index (χ4n) is 0.759. The number of carbonyl (C=O) groups is 1. The minimum absolute atomic E-state index is 0.120. The first-order valence-electron chi connectivity index (χ1n) is 3.71. The lowest BCUT2D eigenvalue weighted by atomic mass is 10.3. The second-order valence-electron chi connectivity index (χ2n) is 2.34. The van der Waals surface area contributed by atoms with Crippen LogP contribution in [-0.2, 0) is 4.79 Å². The number of halogens is 1. The molecule has 1 aromatic rings. The molecule has 0 heterocycles. The molecule has 0 radical (unpaired) electrons. The van der Waals surface area contributed by atoms with Crippen molar-refractivity contribution in [3.05, 3.63) is 28.7 Å². The summed E-state index contributed by atoms with van der Waals surface area (Å²) in [5.74, 6) is 0.170. The Hall–Kier alpha value is -1.03. The highest BCUT2D eigenvalue weighted by atomic mass is 79.9. The molecule has 14 heavy (non-hydrogen) atoms. The van der Waals surface area contributed by atoms with Gasteiger partial charge in [-0.05, 0) is 36.5 Å². The van der Waals surface area contributed by atoms with Crippen LogP contribution in [0, 0.1) is 0 Å². The Balaban J connectivity index is 2.49. The molecule has 0 spiro atoms. The van der Waals surface area contributed by atoms with Crippen molar-refractivity contribution < 1.29 is 9.53 Å². The fourth-order valence-corrected chi connectivity index (χ4v) is 1.13. The van der Waals surface area contributed by atoms with Gasteiger partial charge in [-0.3, -0.25) is 4.79 Å². The molecule has 0 unspecified atom stereocenters. The lowest BCUT2D eigenvalue weighted by molar-refractivity contribution is -0.119. The van der Waals surface area contributed by atoms with Crippen molar-refractivity contribution in [1.29, 1.82) is 0 Å². The number of isothiocyanates is 1. The first-order valence-corrected chi connectivity index (χ1v) is 4.91. The summed E-state index contributed by atoms with van der Waals surface area (Å²) in [7, 11) is 0. The molecule has 0 bridgehead atoms. The monoisotopic (exact) mass is 271 g/mol. The summed E-state index contributed by atoms with van der Waals surface area (Å²) < 4.78 is 6.08. The number of aliphatic imine (C=N–C) groups is 1. The van der Waals surface area contributed by atoms with E-state index >= 15 is 0 Å². The van der Waals surface area contributed by atoms with E-state index in [9.17, 15) is 4.79 Å². The molecule has 0 aliphatic rings. The van der Waals surface area contributed by atoms with Gasteiger partial charge in [0, 0.05) is 4.47 Å². The van der Waals surface area contributed by atoms with Gasteiger partial charge in [-0.2, -0.15) is 4.99 Å². The first kappa shape index (κ1) is 11.0. The van der Waals surface area contributed by atoms with E-state index in [2.05, 4.69) is 33.1 Å². The lowest BCUT2D eigenvalue weighted by Crippen LogP contribution is -2.07. The second kappa shape index (κ2) is 5.65. The molecule has 0 fully saturated rings. The van der Waals surface area contributed by atoms with Gasteiger partial charge in [-0.1, -0.05) is 15.9 Å². The molecule has 1 rings (SSSR count). The molecule has 1 amide bonds. The Morgan fingerprint density at radius 3 is 2.71 bits per heavy atom. The zero-order valence-corrected chi connectivity index (χ0v) is 9.47. The normalized spacial score (nSPS) is 8.93. The van der Waals surface area contributed by atoms with Crippen LogP contribution in [0.25, 0.3) is 0 Å². The van der Waals surface area contributed by atoms with Gasteiger partial charge in [0.1, 0.15) is 5.75 Å². The van der Waals surface area contributed by atoms with E-state index in [0.29, 0.717) is 5.75 Å². The maximum absolute atomic E-state index is 10.9. The number of hydrogen-bond acceptors (Lipinski definition) is 3. The van der Waals surface area contributed by atoms with E-state index in [0.717, 1.165) is 4.47 Å². The van der Waals surface area contributed by atoms with Crippen LogP contribution in [0.4, 0.5) is 0 Å². The Bertz CT molecular complexity index is 371. The average molecular weight is 272 g/mol. The number of amides is 1. The number of benzene rings is 1. The smallest absolute Gasteiger partial charge is 0.292 e. The fraction of sp³-hybridized carbons (Fsp3) is 0.111. The third kappa shape index (κ3) is 3.79. The second-order valence-corrected chi connectivity index (χ2v) is 3.44. The van der Waals surface area contributed by atoms with Gasteiger partial charge in [-0.25, -0.2) is 0 Å². The van der Waals surface area contributed by atoms with Crippen molar-refractivity contribution >= 4 is 39.2 Å². The third-order valence-corrected chi connectivity index (χ3v) is 1.97. The molecule has 0 atom stereocenters. The highest BCUT2D eigenvalue weighted by Crippen LogP contribution is 2.15. The van der Waals surface area contributed by atoms with Gasteiger partial charge in [0.15, 0.2) is 6.61 Å². The average Bonchev–Trinajstić information content (AvgIpc) is 2.17. The predicted molar refractivity (Wildman–Crippen MR) is 59.7 cm³/mol. The van der Waals surface area contributed by atoms with Crippen molar-refractivity contribution in [3.8, 4) is 5.75 Å². The number of carbonyl (C=O) groups excluding carboxylic acids is 1. The molecule has 0 N–H and O–H groups in total. The van der Waals surface area contributed by atoms with Crippen molar-refractivity contribution in [2.45, 2.75) is 0 Å². The maximum atomic E-state index is 10.9. The standard InChI is InChI=1S/C9H6BrNO2S/c10-7-1-3-8(4-2-7)13-5-9(12)11-6-14/h1-4H,5H2. The summed E-state index contributed by atoms with van der Waals surface area (Å²) in [5.41, 5.74) is 0. The lowest BCUT2D eigenvalue weighted by Gasteiger charge is -2.01. The van der Waals surface area contributed by atoms with Crippen molar-refractivity contribution in [2.24, 2.45) is 4.99 Å². The third-order valence-electron chi connectivity index (χ3n) is 1.35. The molecule has 0 aliphatic heterocycles. The van der Waals surface area contributed by atoms with Gasteiger partial charge in [-0.15, -0.1) is 0 Å². The van der Waals surface area contributed by atoms with Crippen LogP contribution in [0.2, 0.25) is 0 Å². The van der Waals surface area contributed by atoms with Crippen LogP contribution in [-0.4, -0.2) is 17.7 Å². The van der Waals surface area contributed by atoms with Crippen LogP contribution in [0.1, 0.15) is 0 Å². The van der Waals surface area contributed by atoms with Crippen molar-refractivity contribution in [2.75, 3.05) is 6.61 Å². The van der Waals surface area contributed by atoms with E-state index in [-0.39, 0.29) is 6.61 Å². The number of rotatable bonds is 3. The van der Waals surface area contributed by atoms with Gasteiger partial charge in [0.2, 0.25) is 0 Å². The molecule has 0 saturated heterocycles. The molecule has 72 valence electrons. The number of thiocarbonyl (C=S) groups is 1. The van der Waals surface area contributed by atoms with Crippen LogP contribution < -0.4 is 4.74 Å². The Kier molecular flexibility index (Phi) is 4.46. The van der Waals surface area contributed by atoms with E-state index in [4.69, 9.17) is 4.74 Å². The number of hydrogen-bond donors (Lipinski definition) is 0. The molecule has 0 saturated carbocycles. The SMILES string of the molecule is O=C(COc1ccc(Br)cc1)N=C=S. The summed E-state index contributed by atoms with van der Waals surface area (Å²) in [5, 5.41) is 1.98. The Morgan fingerprint density at radius 2 is 2.14 bits per heavy atom. The van der Waals surface area contributed by atoms with Gasteiger partial charge in [0.25, 0.3) is 5.91 Å². The predicted octanol–water partition coefficient (Wildman–Crippen LogP) is 2.46. The topological polar surface area (TPSA) is 38.7 Å². The van der Waals surface area contributed by atoms with E-state index in [1.54, 1.807) is 12.1 Å². The number of ether oxygens (including phenoxy) is 1. The zero-order chi connectivity index (χ0) is 10.4. The summed E-state index contributed by atoms with van der Waals surface area (Å²) in [6.45, 7) is -0.120. The first-order chi connectivity index (χ1) is 6.72. The molecular weight excluding hydrogens is 266 g/mol. The molecule has 1 aromatic carbocycles. The largest absolute Gasteiger partial charge is 0.484 e. The number of nitrogens with zero attached hydrogens (tertiary/aromatic N) is 1. The zero-order valence-electron chi connectivity index (χ0n) is 7.07.